The smallest absolute Gasteiger partial charge is 0.261 e. The van der Waals surface area contributed by atoms with E-state index >= 15 is 0 Å². The standard InChI is InChI=1S/C17H21NO5/c1-20-10-8-18(11-13-7-9-23-12-13)17(19)16-14(21-2)5-4-6-15(16)22-3/h4-7,9,12H,8,10-11H2,1-3H3. The molecule has 2 rings (SSSR count). The molecule has 1 aromatic carbocycles. The number of rotatable bonds is 8. The average molecular weight is 319 g/mol. The van der Waals surface area contributed by atoms with Crippen LogP contribution in [-0.4, -0.2) is 45.3 Å². The third-order valence-corrected chi connectivity index (χ3v) is 3.45. The number of amides is 1. The largest absolute Gasteiger partial charge is 0.496 e. The molecule has 6 heteroatoms. The molecule has 0 aliphatic rings. The first-order valence-corrected chi connectivity index (χ1v) is 7.21. The van der Waals surface area contributed by atoms with Crippen molar-refractivity contribution < 1.29 is 23.4 Å². The van der Waals surface area contributed by atoms with Crippen molar-refractivity contribution >= 4 is 5.91 Å². The quantitative estimate of drug-likeness (QED) is 0.748. The first-order chi connectivity index (χ1) is 11.2. The van der Waals surface area contributed by atoms with Gasteiger partial charge >= 0.3 is 0 Å². The Kier molecular flexibility index (Phi) is 6.05. The van der Waals surface area contributed by atoms with Crippen molar-refractivity contribution in [1.82, 2.24) is 4.90 Å². The van der Waals surface area contributed by atoms with Crippen molar-refractivity contribution in [2.45, 2.75) is 6.54 Å². The molecule has 0 saturated heterocycles. The Morgan fingerprint density at radius 1 is 1.13 bits per heavy atom. The van der Waals surface area contributed by atoms with Gasteiger partial charge in [-0.05, 0) is 18.2 Å². The second-order valence-corrected chi connectivity index (χ2v) is 4.89. The molecule has 0 atom stereocenters. The summed E-state index contributed by atoms with van der Waals surface area (Å²) in [5, 5.41) is 0. The average Bonchev–Trinajstić information content (AvgIpc) is 3.10. The molecule has 0 saturated carbocycles. The molecular weight excluding hydrogens is 298 g/mol. The van der Waals surface area contributed by atoms with Gasteiger partial charge < -0.3 is 23.5 Å². The molecule has 0 aliphatic carbocycles. The van der Waals surface area contributed by atoms with Gasteiger partial charge in [-0.3, -0.25) is 4.79 Å². The van der Waals surface area contributed by atoms with Gasteiger partial charge in [-0.25, -0.2) is 0 Å². The van der Waals surface area contributed by atoms with Crippen molar-refractivity contribution in [2.75, 3.05) is 34.5 Å². The van der Waals surface area contributed by atoms with Gasteiger partial charge in [-0.2, -0.15) is 0 Å². The van der Waals surface area contributed by atoms with Crippen LogP contribution in [0.4, 0.5) is 0 Å². The zero-order valence-corrected chi connectivity index (χ0v) is 13.6. The van der Waals surface area contributed by atoms with E-state index in [1.54, 1.807) is 42.7 Å². The van der Waals surface area contributed by atoms with Crippen molar-refractivity contribution in [3.05, 3.63) is 47.9 Å². The molecule has 2 aromatic rings. The van der Waals surface area contributed by atoms with E-state index in [1.807, 2.05) is 6.07 Å². The SMILES string of the molecule is COCCN(Cc1ccoc1)C(=O)c1c(OC)cccc1OC. The fourth-order valence-electron chi connectivity index (χ4n) is 2.28. The lowest BCUT2D eigenvalue weighted by atomic mass is 10.1. The van der Waals surface area contributed by atoms with E-state index in [0.29, 0.717) is 36.8 Å². The Labute approximate surface area is 135 Å². The summed E-state index contributed by atoms with van der Waals surface area (Å²) in [5.74, 6) is 0.769. The molecule has 1 amide bonds. The second-order valence-electron chi connectivity index (χ2n) is 4.89. The number of hydrogen-bond donors (Lipinski definition) is 0. The Bertz CT molecular complexity index is 602. The molecular formula is C17H21NO5. The van der Waals surface area contributed by atoms with Crippen LogP contribution in [0.5, 0.6) is 11.5 Å². The van der Waals surface area contributed by atoms with E-state index in [9.17, 15) is 4.79 Å². The maximum absolute atomic E-state index is 13.0. The Morgan fingerprint density at radius 3 is 2.35 bits per heavy atom. The normalized spacial score (nSPS) is 10.4. The predicted octanol–water partition coefficient (Wildman–Crippen LogP) is 2.59. The number of methoxy groups -OCH3 is 3. The van der Waals surface area contributed by atoms with Crippen LogP contribution in [0.15, 0.2) is 41.2 Å². The molecule has 124 valence electrons. The molecule has 23 heavy (non-hydrogen) atoms. The van der Waals surface area contributed by atoms with Gasteiger partial charge in [0.1, 0.15) is 17.1 Å². The Morgan fingerprint density at radius 2 is 1.83 bits per heavy atom. The number of carbonyl (C=O) groups excluding carboxylic acids is 1. The lowest BCUT2D eigenvalue weighted by Crippen LogP contribution is -2.33. The van der Waals surface area contributed by atoms with Crippen molar-refractivity contribution in [1.29, 1.82) is 0 Å². The molecule has 1 heterocycles. The van der Waals surface area contributed by atoms with Crippen LogP contribution < -0.4 is 9.47 Å². The molecule has 0 radical (unpaired) electrons. The minimum absolute atomic E-state index is 0.183. The maximum atomic E-state index is 13.0. The van der Waals surface area contributed by atoms with Crippen molar-refractivity contribution in [3.8, 4) is 11.5 Å². The van der Waals surface area contributed by atoms with Crippen LogP contribution in [0.1, 0.15) is 15.9 Å². The molecule has 0 fully saturated rings. The topological polar surface area (TPSA) is 61.1 Å². The third-order valence-electron chi connectivity index (χ3n) is 3.45. The van der Waals surface area contributed by atoms with Crippen LogP contribution in [0.2, 0.25) is 0 Å². The van der Waals surface area contributed by atoms with E-state index < -0.39 is 0 Å². The fraction of sp³-hybridized carbons (Fsp3) is 0.353. The van der Waals surface area contributed by atoms with E-state index in [1.165, 1.54) is 14.2 Å². The van der Waals surface area contributed by atoms with Gasteiger partial charge in [0, 0.05) is 25.8 Å². The summed E-state index contributed by atoms with van der Waals surface area (Å²) >= 11 is 0. The zero-order valence-electron chi connectivity index (χ0n) is 13.6. The summed E-state index contributed by atoms with van der Waals surface area (Å²) in [7, 11) is 4.66. The van der Waals surface area contributed by atoms with Crippen LogP contribution in [-0.2, 0) is 11.3 Å². The molecule has 0 bridgehead atoms. The van der Waals surface area contributed by atoms with E-state index in [4.69, 9.17) is 18.6 Å². The van der Waals surface area contributed by atoms with Crippen LogP contribution >= 0.6 is 0 Å². The molecule has 0 spiro atoms. The maximum Gasteiger partial charge on any atom is 0.261 e. The third kappa shape index (κ3) is 4.04. The highest BCUT2D eigenvalue weighted by molar-refractivity contribution is 5.99. The highest BCUT2D eigenvalue weighted by atomic mass is 16.5. The zero-order chi connectivity index (χ0) is 16.7. The molecule has 1 aromatic heterocycles. The number of carbonyl (C=O) groups is 1. The van der Waals surface area contributed by atoms with Gasteiger partial charge in [-0.15, -0.1) is 0 Å². The summed E-state index contributed by atoms with van der Waals surface area (Å²) < 4.78 is 20.8. The van der Waals surface area contributed by atoms with Crippen molar-refractivity contribution in [3.63, 3.8) is 0 Å². The fourth-order valence-corrected chi connectivity index (χ4v) is 2.28. The summed E-state index contributed by atoms with van der Waals surface area (Å²) in [6.45, 7) is 1.29. The summed E-state index contributed by atoms with van der Waals surface area (Å²) in [5.41, 5.74) is 1.31. The van der Waals surface area contributed by atoms with E-state index in [0.717, 1.165) is 5.56 Å². The first-order valence-electron chi connectivity index (χ1n) is 7.21. The molecule has 6 nitrogen and oxygen atoms in total. The first kappa shape index (κ1) is 16.9. The monoisotopic (exact) mass is 319 g/mol. The van der Waals surface area contributed by atoms with Gasteiger partial charge in [-0.1, -0.05) is 6.07 Å². The van der Waals surface area contributed by atoms with E-state index in [2.05, 4.69) is 0 Å². The molecule has 0 N–H and O–H groups in total. The second kappa shape index (κ2) is 8.24. The van der Waals surface area contributed by atoms with Gasteiger partial charge in [0.2, 0.25) is 0 Å². The predicted molar refractivity (Wildman–Crippen MR) is 84.9 cm³/mol. The van der Waals surface area contributed by atoms with Gasteiger partial charge in [0.15, 0.2) is 0 Å². The lowest BCUT2D eigenvalue weighted by molar-refractivity contribution is 0.0673. The summed E-state index contributed by atoms with van der Waals surface area (Å²) in [6, 6.07) is 7.08. The number of ether oxygens (including phenoxy) is 3. The summed E-state index contributed by atoms with van der Waals surface area (Å²) in [4.78, 5) is 14.7. The van der Waals surface area contributed by atoms with Crippen LogP contribution in [0.25, 0.3) is 0 Å². The number of nitrogens with zero attached hydrogens (tertiary/aromatic N) is 1. The Balaban J connectivity index is 2.32. The van der Waals surface area contributed by atoms with Crippen LogP contribution in [0, 0.1) is 0 Å². The highest BCUT2D eigenvalue weighted by Gasteiger charge is 2.24. The minimum atomic E-state index is -0.183. The molecule has 0 unspecified atom stereocenters. The summed E-state index contributed by atoms with van der Waals surface area (Å²) in [6.07, 6.45) is 3.20. The van der Waals surface area contributed by atoms with Gasteiger partial charge in [0.25, 0.3) is 5.91 Å². The lowest BCUT2D eigenvalue weighted by Gasteiger charge is -2.23. The van der Waals surface area contributed by atoms with Crippen molar-refractivity contribution in [2.24, 2.45) is 0 Å². The highest BCUT2D eigenvalue weighted by Crippen LogP contribution is 2.30. The van der Waals surface area contributed by atoms with E-state index in [-0.39, 0.29) is 5.91 Å². The molecule has 0 aliphatic heterocycles. The minimum Gasteiger partial charge on any atom is -0.496 e. The Hall–Kier alpha value is -2.47. The number of hydrogen-bond acceptors (Lipinski definition) is 5. The number of benzene rings is 1. The van der Waals surface area contributed by atoms with Crippen LogP contribution in [0.3, 0.4) is 0 Å². The number of furan rings is 1. The van der Waals surface area contributed by atoms with Gasteiger partial charge in [0.05, 0.1) is 33.4 Å².